The number of aromatic nitrogens is 1. The van der Waals surface area contributed by atoms with Gasteiger partial charge < -0.3 is 10.2 Å². The van der Waals surface area contributed by atoms with E-state index in [-0.39, 0.29) is 22.5 Å². The van der Waals surface area contributed by atoms with Gasteiger partial charge in [0.2, 0.25) is 11.8 Å². The van der Waals surface area contributed by atoms with Gasteiger partial charge in [-0.1, -0.05) is 47.5 Å². The number of hydrogen-bond acceptors (Lipinski definition) is 4. The predicted octanol–water partition coefficient (Wildman–Crippen LogP) is 5.61. The summed E-state index contributed by atoms with van der Waals surface area (Å²) in [5.41, 5.74) is 1.03. The van der Waals surface area contributed by atoms with Gasteiger partial charge in [-0.05, 0) is 30.3 Å². The first-order chi connectivity index (χ1) is 11.1. The normalized spacial score (nSPS) is 11.2. The van der Waals surface area contributed by atoms with Crippen LogP contribution in [0.2, 0.25) is 10.0 Å². The van der Waals surface area contributed by atoms with Crippen LogP contribution in [0.3, 0.4) is 0 Å². The molecule has 7 heteroatoms. The van der Waals surface area contributed by atoms with Crippen LogP contribution in [0.5, 0.6) is 11.8 Å². The Bertz CT molecular complexity index is 877. The number of azo groups is 1. The molecular formula is C16H11Cl2N3O2. The van der Waals surface area contributed by atoms with E-state index >= 15 is 0 Å². The van der Waals surface area contributed by atoms with Crippen LogP contribution in [-0.4, -0.2) is 14.8 Å². The first-order valence-electron chi connectivity index (χ1n) is 6.63. The summed E-state index contributed by atoms with van der Waals surface area (Å²) >= 11 is 11.9. The van der Waals surface area contributed by atoms with Crippen LogP contribution >= 0.6 is 23.2 Å². The molecule has 0 saturated carbocycles. The topological polar surface area (TPSA) is 70.1 Å². The third-order valence-electron chi connectivity index (χ3n) is 3.13. The highest BCUT2D eigenvalue weighted by molar-refractivity contribution is 6.34. The van der Waals surface area contributed by atoms with Crippen LogP contribution in [0.25, 0.3) is 5.69 Å². The van der Waals surface area contributed by atoms with E-state index in [2.05, 4.69) is 10.2 Å². The molecule has 2 N–H and O–H groups in total. The van der Waals surface area contributed by atoms with E-state index in [4.69, 9.17) is 23.2 Å². The molecule has 3 rings (SSSR count). The zero-order valence-electron chi connectivity index (χ0n) is 11.7. The van der Waals surface area contributed by atoms with Crippen molar-refractivity contribution in [1.82, 2.24) is 4.57 Å². The summed E-state index contributed by atoms with van der Waals surface area (Å²) < 4.78 is 1.19. The molecular weight excluding hydrogens is 337 g/mol. The molecule has 0 saturated heterocycles. The number of benzene rings is 2. The van der Waals surface area contributed by atoms with Gasteiger partial charge in [-0.15, -0.1) is 5.11 Å². The van der Waals surface area contributed by atoms with Crippen LogP contribution in [0, 0.1) is 0 Å². The molecule has 2 aromatic carbocycles. The quantitative estimate of drug-likeness (QED) is 0.604. The van der Waals surface area contributed by atoms with E-state index in [9.17, 15) is 10.2 Å². The third kappa shape index (κ3) is 3.02. The fourth-order valence-corrected chi connectivity index (χ4v) is 2.46. The standard InChI is InChI=1S/C16H11Cl2N3O2/c17-10-5-4-6-11(9-10)19-20-14-13(18)15(22)21(16(14)23)12-7-2-1-3-8-12/h1-9,22-23H. The summed E-state index contributed by atoms with van der Waals surface area (Å²) in [7, 11) is 0. The Hall–Kier alpha value is -2.50. The largest absolute Gasteiger partial charge is 0.493 e. The molecule has 0 amide bonds. The minimum atomic E-state index is -0.310. The number of halogens is 2. The number of aromatic hydroxyl groups is 2. The smallest absolute Gasteiger partial charge is 0.228 e. The second-order valence-electron chi connectivity index (χ2n) is 4.66. The van der Waals surface area contributed by atoms with Crippen LogP contribution in [0.1, 0.15) is 0 Å². The fourth-order valence-electron chi connectivity index (χ4n) is 2.06. The molecule has 0 unspecified atom stereocenters. The number of rotatable bonds is 3. The van der Waals surface area contributed by atoms with Gasteiger partial charge in [0.15, 0.2) is 5.69 Å². The maximum Gasteiger partial charge on any atom is 0.228 e. The summed E-state index contributed by atoms with van der Waals surface area (Å²) in [6.07, 6.45) is 0. The van der Waals surface area contributed by atoms with Gasteiger partial charge in [-0.3, -0.25) is 0 Å². The van der Waals surface area contributed by atoms with Crippen LogP contribution < -0.4 is 0 Å². The third-order valence-corrected chi connectivity index (χ3v) is 3.71. The van der Waals surface area contributed by atoms with Crippen molar-refractivity contribution in [3.05, 3.63) is 64.6 Å². The summed E-state index contributed by atoms with van der Waals surface area (Å²) in [6, 6.07) is 15.6. The summed E-state index contributed by atoms with van der Waals surface area (Å²) in [6.45, 7) is 0. The van der Waals surface area contributed by atoms with Gasteiger partial charge in [0.1, 0.15) is 5.02 Å². The molecule has 5 nitrogen and oxygen atoms in total. The zero-order valence-corrected chi connectivity index (χ0v) is 13.2. The van der Waals surface area contributed by atoms with Crippen molar-refractivity contribution in [2.24, 2.45) is 10.2 Å². The maximum absolute atomic E-state index is 10.3. The minimum Gasteiger partial charge on any atom is -0.493 e. The van der Waals surface area contributed by atoms with Crippen molar-refractivity contribution in [2.75, 3.05) is 0 Å². The van der Waals surface area contributed by atoms with Crippen molar-refractivity contribution in [2.45, 2.75) is 0 Å². The van der Waals surface area contributed by atoms with Crippen molar-refractivity contribution < 1.29 is 10.2 Å². The Morgan fingerprint density at radius 1 is 0.826 bits per heavy atom. The van der Waals surface area contributed by atoms with Crippen molar-refractivity contribution in [1.29, 1.82) is 0 Å². The monoisotopic (exact) mass is 347 g/mol. The predicted molar refractivity (Wildman–Crippen MR) is 89.7 cm³/mol. The Morgan fingerprint density at radius 3 is 2.26 bits per heavy atom. The Morgan fingerprint density at radius 2 is 1.57 bits per heavy atom. The van der Waals surface area contributed by atoms with Gasteiger partial charge in [-0.2, -0.15) is 5.11 Å². The van der Waals surface area contributed by atoms with E-state index < -0.39 is 0 Å². The van der Waals surface area contributed by atoms with E-state index in [0.717, 1.165) is 0 Å². The molecule has 1 heterocycles. The zero-order chi connectivity index (χ0) is 16.4. The Labute approximate surface area is 142 Å². The lowest BCUT2D eigenvalue weighted by Gasteiger charge is -2.05. The molecule has 116 valence electrons. The highest BCUT2D eigenvalue weighted by atomic mass is 35.5. The highest BCUT2D eigenvalue weighted by Gasteiger charge is 2.22. The lowest BCUT2D eigenvalue weighted by atomic mass is 10.3. The first kappa shape index (κ1) is 15.4. The average Bonchev–Trinajstić information content (AvgIpc) is 2.76. The first-order valence-corrected chi connectivity index (χ1v) is 7.38. The van der Waals surface area contributed by atoms with E-state index in [0.29, 0.717) is 16.4 Å². The number of para-hydroxylation sites is 1. The lowest BCUT2D eigenvalue weighted by molar-refractivity contribution is 0.403. The minimum absolute atomic E-state index is 0.0204. The van der Waals surface area contributed by atoms with E-state index in [1.165, 1.54) is 4.57 Å². The molecule has 0 aliphatic heterocycles. The van der Waals surface area contributed by atoms with Gasteiger partial charge >= 0.3 is 0 Å². The molecule has 0 atom stereocenters. The summed E-state index contributed by atoms with van der Waals surface area (Å²) in [5, 5.41) is 28.8. The fraction of sp³-hybridized carbons (Fsp3) is 0. The SMILES string of the molecule is Oc1c(Cl)c(N=Nc2cccc(Cl)c2)c(O)n1-c1ccccc1. The number of nitrogens with zero attached hydrogens (tertiary/aromatic N) is 3. The van der Waals surface area contributed by atoms with Gasteiger partial charge in [0, 0.05) is 5.02 Å². The Kier molecular flexibility index (Phi) is 4.23. The molecule has 0 radical (unpaired) electrons. The second kappa shape index (κ2) is 6.32. The van der Waals surface area contributed by atoms with Gasteiger partial charge in [0.25, 0.3) is 0 Å². The van der Waals surface area contributed by atoms with Crippen LogP contribution in [-0.2, 0) is 0 Å². The van der Waals surface area contributed by atoms with Gasteiger partial charge in [0.05, 0.1) is 11.4 Å². The summed E-state index contributed by atoms with van der Waals surface area (Å²) in [4.78, 5) is 0. The van der Waals surface area contributed by atoms with Crippen molar-refractivity contribution >= 4 is 34.6 Å². The van der Waals surface area contributed by atoms with Gasteiger partial charge in [-0.25, -0.2) is 4.57 Å². The molecule has 0 bridgehead atoms. The molecule has 0 aliphatic carbocycles. The van der Waals surface area contributed by atoms with Crippen LogP contribution in [0.15, 0.2) is 64.8 Å². The average molecular weight is 348 g/mol. The van der Waals surface area contributed by atoms with E-state index in [1.54, 1.807) is 48.5 Å². The molecule has 23 heavy (non-hydrogen) atoms. The molecule has 0 spiro atoms. The highest BCUT2D eigenvalue weighted by Crippen LogP contribution is 2.46. The number of hydrogen-bond donors (Lipinski definition) is 2. The molecule has 1 aromatic heterocycles. The molecule has 0 aliphatic rings. The second-order valence-corrected chi connectivity index (χ2v) is 5.48. The maximum atomic E-state index is 10.3. The van der Waals surface area contributed by atoms with Crippen LogP contribution in [0.4, 0.5) is 11.4 Å². The van der Waals surface area contributed by atoms with Crippen molar-refractivity contribution in [3.8, 4) is 17.4 Å². The molecule has 3 aromatic rings. The molecule has 0 fully saturated rings. The lowest BCUT2D eigenvalue weighted by Crippen LogP contribution is -1.91. The van der Waals surface area contributed by atoms with E-state index in [1.807, 2.05) is 6.07 Å². The van der Waals surface area contributed by atoms with Crippen molar-refractivity contribution in [3.63, 3.8) is 0 Å². The Balaban J connectivity index is 2.04. The summed E-state index contributed by atoms with van der Waals surface area (Å²) in [5.74, 6) is -0.611.